The van der Waals surface area contributed by atoms with Gasteiger partial charge in [-0.3, -0.25) is 0 Å². The Kier molecular flexibility index (Phi) is 7.91. The van der Waals surface area contributed by atoms with Gasteiger partial charge in [0.05, 0.1) is 7.11 Å². The Morgan fingerprint density at radius 3 is 2.59 bits per heavy atom. The minimum atomic E-state index is -1.04. The maximum Gasteiger partial charge on any atom is 0.326 e. The van der Waals surface area contributed by atoms with E-state index >= 15 is 0 Å². The van der Waals surface area contributed by atoms with Crippen molar-refractivity contribution in [1.29, 1.82) is 0 Å². The SMILES string of the molecule is COc1ccc(/C=C/NC(=O)NC(CCSC)C(=O)O)cc1. The molecule has 2 amide bonds. The lowest BCUT2D eigenvalue weighted by molar-refractivity contribution is -0.139. The molecule has 0 heterocycles. The number of amides is 2. The van der Waals surface area contributed by atoms with E-state index in [2.05, 4.69) is 10.6 Å². The van der Waals surface area contributed by atoms with Gasteiger partial charge in [0.2, 0.25) is 0 Å². The van der Waals surface area contributed by atoms with Crippen molar-refractivity contribution >= 4 is 29.8 Å². The molecular formula is C15H20N2O4S. The molecule has 0 saturated carbocycles. The average molecular weight is 324 g/mol. The molecule has 0 spiro atoms. The topological polar surface area (TPSA) is 87.7 Å². The van der Waals surface area contributed by atoms with Crippen LogP contribution in [0.25, 0.3) is 6.08 Å². The number of hydrogen-bond acceptors (Lipinski definition) is 4. The van der Waals surface area contributed by atoms with E-state index in [1.807, 2.05) is 30.5 Å². The molecule has 0 fully saturated rings. The summed E-state index contributed by atoms with van der Waals surface area (Å²) in [6, 6.07) is 5.87. The zero-order valence-corrected chi connectivity index (χ0v) is 13.4. The molecule has 0 saturated heterocycles. The summed E-state index contributed by atoms with van der Waals surface area (Å²) in [5.41, 5.74) is 0.887. The molecule has 0 aliphatic carbocycles. The molecule has 1 aromatic rings. The first-order valence-electron chi connectivity index (χ1n) is 6.66. The molecule has 1 unspecified atom stereocenters. The third-order valence-electron chi connectivity index (χ3n) is 2.82. The number of urea groups is 1. The Labute approximate surface area is 133 Å². The molecule has 22 heavy (non-hydrogen) atoms. The van der Waals surface area contributed by atoms with Crippen molar-refractivity contribution in [2.75, 3.05) is 19.1 Å². The lowest BCUT2D eigenvalue weighted by Gasteiger charge is -2.13. The van der Waals surface area contributed by atoms with Gasteiger partial charge in [-0.15, -0.1) is 0 Å². The van der Waals surface area contributed by atoms with Crippen LogP contribution >= 0.6 is 11.8 Å². The fraction of sp³-hybridized carbons (Fsp3) is 0.333. The summed E-state index contributed by atoms with van der Waals surface area (Å²) in [6.07, 6.45) is 5.43. The van der Waals surface area contributed by atoms with Crippen LogP contribution in [0.4, 0.5) is 4.79 Å². The summed E-state index contributed by atoms with van der Waals surface area (Å²) in [5, 5.41) is 13.9. The van der Waals surface area contributed by atoms with Gasteiger partial charge in [0.25, 0.3) is 0 Å². The molecule has 0 aromatic heterocycles. The van der Waals surface area contributed by atoms with Crippen molar-refractivity contribution in [3.05, 3.63) is 36.0 Å². The van der Waals surface area contributed by atoms with E-state index in [1.165, 1.54) is 18.0 Å². The first kappa shape index (κ1) is 17.9. The van der Waals surface area contributed by atoms with E-state index in [-0.39, 0.29) is 0 Å². The van der Waals surface area contributed by atoms with E-state index in [4.69, 9.17) is 9.84 Å². The van der Waals surface area contributed by atoms with E-state index in [9.17, 15) is 9.59 Å². The molecule has 0 aliphatic heterocycles. The largest absolute Gasteiger partial charge is 0.497 e. The highest BCUT2D eigenvalue weighted by molar-refractivity contribution is 7.98. The number of carbonyl (C=O) groups excluding carboxylic acids is 1. The molecule has 1 aromatic carbocycles. The number of hydrogen-bond donors (Lipinski definition) is 3. The second kappa shape index (κ2) is 9.73. The van der Waals surface area contributed by atoms with Crippen LogP contribution in [0.5, 0.6) is 5.75 Å². The predicted molar refractivity (Wildman–Crippen MR) is 88.1 cm³/mol. The summed E-state index contributed by atoms with van der Waals surface area (Å²) in [6.45, 7) is 0. The highest BCUT2D eigenvalue weighted by atomic mass is 32.2. The van der Waals surface area contributed by atoms with Crippen molar-refractivity contribution in [1.82, 2.24) is 10.6 Å². The summed E-state index contributed by atoms with van der Waals surface area (Å²) < 4.78 is 5.05. The lowest BCUT2D eigenvalue weighted by atomic mass is 10.2. The van der Waals surface area contributed by atoms with Gasteiger partial charge in [0, 0.05) is 6.20 Å². The standard InChI is InChI=1S/C15H20N2O4S/c1-21-12-5-3-11(4-6-12)7-9-16-15(20)17-13(14(18)19)8-10-22-2/h3-7,9,13H,8,10H2,1-2H3,(H,18,19)(H2,16,17,20)/b9-7+. The van der Waals surface area contributed by atoms with Gasteiger partial charge in [-0.05, 0) is 42.2 Å². The highest BCUT2D eigenvalue weighted by Crippen LogP contribution is 2.11. The molecule has 3 N–H and O–H groups in total. The molecule has 0 aliphatic rings. The van der Waals surface area contributed by atoms with Gasteiger partial charge in [-0.2, -0.15) is 11.8 Å². The van der Waals surface area contributed by atoms with Crippen LogP contribution in [-0.4, -0.2) is 42.3 Å². The number of nitrogens with one attached hydrogen (secondary N) is 2. The zero-order chi connectivity index (χ0) is 16.4. The van der Waals surface area contributed by atoms with Crippen LogP contribution in [0.2, 0.25) is 0 Å². The van der Waals surface area contributed by atoms with Gasteiger partial charge in [-0.1, -0.05) is 12.1 Å². The molecular weight excluding hydrogens is 304 g/mol. The molecule has 0 radical (unpaired) electrons. The Hall–Kier alpha value is -2.15. The van der Waals surface area contributed by atoms with Crippen molar-refractivity contribution in [3.63, 3.8) is 0 Å². The van der Waals surface area contributed by atoms with Crippen LogP contribution < -0.4 is 15.4 Å². The molecule has 1 rings (SSSR count). The molecule has 7 heteroatoms. The number of methoxy groups -OCH3 is 1. The minimum absolute atomic E-state index is 0.381. The number of ether oxygens (including phenoxy) is 1. The molecule has 1 atom stereocenters. The van der Waals surface area contributed by atoms with Crippen molar-refractivity contribution in [2.24, 2.45) is 0 Å². The summed E-state index contributed by atoms with van der Waals surface area (Å²) >= 11 is 1.53. The van der Waals surface area contributed by atoms with Crippen molar-refractivity contribution in [2.45, 2.75) is 12.5 Å². The fourth-order valence-electron chi connectivity index (χ4n) is 1.62. The zero-order valence-electron chi connectivity index (χ0n) is 12.5. The quantitative estimate of drug-likeness (QED) is 0.682. The van der Waals surface area contributed by atoms with Gasteiger partial charge >= 0.3 is 12.0 Å². The second-order valence-corrected chi connectivity index (χ2v) is 5.38. The fourth-order valence-corrected chi connectivity index (χ4v) is 2.09. The third-order valence-corrected chi connectivity index (χ3v) is 3.46. The summed E-state index contributed by atoms with van der Waals surface area (Å²) in [5.74, 6) is 0.378. The third kappa shape index (κ3) is 6.53. The van der Waals surface area contributed by atoms with Gasteiger partial charge in [-0.25, -0.2) is 9.59 Å². The van der Waals surface area contributed by atoms with Gasteiger partial charge < -0.3 is 20.5 Å². The number of thioether (sulfide) groups is 1. The van der Waals surface area contributed by atoms with E-state index in [0.717, 1.165) is 11.3 Å². The minimum Gasteiger partial charge on any atom is -0.497 e. The molecule has 6 nitrogen and oxygen atoms in total. The molecule has 0 bridgehead atoms. The van der Waals surface area contributed by atoms with Crippen molar-refractivity contribution in [3.8, 4) is 5.75 Å². The highest BCUT2D eigenvalue weighted by Gasteiger charge is 2.18. The lowest BCUT2D eigenvalue weighted by Crippen LogP contribution is -2.44. The van der Waals surface area contributed by atoms with Crippen molar-refractivity contribution < 1.29 is 19.4 Å². The van der Waals surface area contributed by atoms with Crippen LogP contribution in [0, 0.1) is 0 Å². The van der Waals surface area contributed by atoms with E-state index < -0.39 is 18.0 Å². The smallest absolute Gasteiger partial charge is 0.326 e. The number of rotatable bonds is 8. The normalized spacial score (nSPS) is 11.9. The first-order chi connectivity index (χ1) is 10.6. The number of benzene rings is 1. The number of aliphatic carboxylic acids is 1. The van der Waals surface area contributed by atoms with Crippen LogP contribution in [0.1, 0.15) is 12.0 Å². The first-order valence-corrected chi connectivity index (χ1v) is 8.05. The second-order valence-electron chi connectivity index (χ2n) is 4.40. The monoisotopic (exact) mass is 324 g/mol. The van der Waals surface area contributed by atoms with E-state index in [0.29, 0.717) is 12.2 Å². The Bertz CT molecular complexity index is 517. The summed E-state index contributed by atoms with van der Waals surface area (Å²) in [7, 11) is 1.59. The number of carboxylic acids is 1. The Morgan fingerprint density at radius 1 is 1.36 bits per heavy atom. The van der Waals surface area contributed by atoms with Crippen LogP contribution in [0.15, 0.2) is 30.5 Å². The van der Waals surface area contributed by atoms with Gasteiger partial charge in [0.15, 0.2) is 0 Å². The maximum absolute atomic E-state index is 11.6. The van der Waals surface area contributed by atoms with Crippen LogP contribution in [-0.2, 0) is 4.79 Å². The van der Waals surface area contributed by atoms with Crippen LogP contribution in [0.3, 0.4) is 0 Å². The van der Waals surface area contributed by atoms with Gasteiger partial charge in [0.1, 0.15) is 11.8 Å². The van der Waals surface area contributed by atoms with E-state index in [1.54, 1.807) is 13.2 Å². The number of carbonyl (C=O) groups is 2. The maximum atomic E-state index is 11.6. The Morgan fingerprint density at radius 2 is 2.05 bits per heavy atom. The number of carboxylic acid groups (broad SMARTS) is 1. The molecule has 120 valence electrons. The Balaban J connectivity index is 2.46. The average Bonchev–Trinajstić information content (AvgIpc) is 2.51. The summed E-state index contributed by atoms with van der Waals surface area (Å²) in [4.78, 5) is 22.7. The predicted octanol–water partition coefficient (Wildman–Crippen LogP) is 2.17.